The van der Waals surface area contributed by atoms with Crippen LogP contribution in [0.1, 0.15) is 23.4 Å². The van der Waals surface area contributed by atoms with Gasteiger partial charge in [0.1, 0.15) is 6.04 Å². The van der Waals surface area contributed by atoms with Crippen molar-refractivity contribution in [3.8, 4) is 5.88 Å². The lowest BCUT2D eigenvalue weighted by Crippen LogP contribution is -2.29. The van der Waals surface area contributed by atoms with Crippen LogP contribution in [0.5, 0.6) is 5.88 Å². The fraction of sp³-hybridized carbons (Fsp3) is 0.333. The monoisotopic (exact) mass is 306 g/mol. The van der Waals surface area contributed by atoms with Crippen LogP contribution < -0.4 is 10.1 Å². The third-order valence-electron chi connectivity index (χ3n) is 2.88. The fourth-order valence-electron chi connectivity index (χ4n) is 1.86. The van der Waals surface area contributed by atoms with E-state index in [4.69, 9.17) is 9.47 Å². The van der Waals surface area contributed by atoms with E-state index in [1.165, 1.54) is 0 Å². The number of methoxy groups -OCH3 is 1. The van der Waals surface area contributed by atoms with Crippen LogP contribution in [0.2, 0.25) is 0 Å². The Morgan fingerprint density at radius 1 is 1.43 bits per heavy atom. The minimum absolute atomic E-state index is 0.305. The predicted octanol–water partition coefficient (Wildman–Crippen LogP) is 2.55. The minimum Gasteiger partial charge on any atom is -0.481 e. The summed E-state index contributed by atoms with van der Waals surface area (Å²) in [5.74, 6) is 0.209. The highest BCUT2D eigenvalue weighted by Crippen LogP contribution is 2.18. The molecule has 0 fully saturated rings. The molecule has 2 rings (SSSR count). The number of ether oxygens (including phenoxy) is 2. The van der Waals surface area contributed by atoms with E-state index in [0.717, 1.165) is 10.4 Å². The SMILES string of the molecule is CCOC(=O)C(NCc1cccs1)c1ccc(OC)nc1. The first-order valence-corrected chi connectivity index (χ1v) is 7.55. The van der Waals surface area contributed by atoms with Gasteiger partial charge >= 0.3 is 5.97 Å². The highest BCUT2D eigenvalue weighted by atomic mass is 32.1. The first-order valence-electron chi connectivity index (χ1n) is 6.67. The van der Waals surface area contributed by atoms with Gasteiger partial charge in [-0.1, -0.05) is 6.07 Å². The molecule has 0 bridgehead atoms. The van der Waals surface area contributed by atoms with E-state index in [-0.39, 0.29) is 5.97 Å². The molecular weight excluding hydrogens is 288 g/mol. The van der Waals surface area contributed by atoms with Gasteiger partial charge in [-0.3, -0.25) is 5.32 Å². The molecule has 1 atom stereocenters. The number of nitrogens with one attached hydrogen (secondary N) is 1. The lowest BCUT2D eigenvalue weighted by molar-refractivity contribution is -0.145. The van der Waals surface area contributed by atoms with Crippen molar-refractivity contribution < 1.29 is 14.3 Å². The van der Waals surface area contributed by atoms with Crippen LogP contribution >= 0.6 is 11.3 Å². The zero-order valence-electron chi connectivity index (χ0n) is 12.0. The number of nitrogens with zero attached hydrogens (tertiary/aromatic N) is 1. The second-order valence-corrected chi connectivity index (χ2v) is 5.31. The van der Waals surface area contributed by atoms with E-state index < -0.39 is 6.04 Å². The molecule has 1 unspecified atom stereocenters. The molecule has 2 aromatic rings. The molecule has 6 heteroatoms. The average Bonchev–Trinajstić information content (AvgIpc) is 3.02. The topological polar surface area (TPSA) is 60.5 Å². The molecule has 0 amide bonds. The van der Waals surface area contributed by atoms with E-state index in [1.807, 2.05) is 23.6 Å². The Labute approximate surface area is 127 Å². The van der Waals surface area contributed by atoms with Crippen LogP contribution in [0.15, 0.2) is 35.8 Å². The Hall–Kier alpha value is -1.92. The Balaban J connectivity index is 2.11. The van der Waals surface area contributed by atoms with E-state index in [9.17, 15) is 4.79 Å². The first kappa shape index (κ1) is 15.5. The molecule has 0 aliphatic carbocycles. The molecule has 1 N–H and O–H groups in total. The van der Waals surface area contributed by atoms with Gasteiger partial charge in [-0.2, -0.15) is 0 Å². The second kappa shape index (κ2) is 7.75. The highest BCUT2D eigenvalue weighted by molar-refractivity contribution is 7.09. The Morgan fingerprint density at radius 2 is 2.29 bits per heavy atom. The van der Waals surface area contributed by atoms with E-state index in [2.05, 4.69) is 10.3 Å². The zero-order valence-corrected chi connectivity index (χ0v) is 12.9. The predicted molar refractivity (Wildman–Crippen MR) is 81.3 cm³/mol. The summed E-state index contributed by atoms with van der Waals surface area (Å²) in [7, 11) is 1.56. The van der Waals surface area contributed by atoms with Gasteiger partial charge in [0.25, 0.3) is 0 Å². The Morgan fingerprint density at radius 3 is 2.86 bits per heavy atom. The van der Waals surface area contributed by atoms with Gasteiger partial charge in [-0.05, 0) is 30.0 Å². The number of aromatic nitrogens is 1. The van der Waals surface area contributed by atoms with Crippen molar-refractivity contribution in [3.05, 3.63) is 46.3 Å². The standard InChI is InChI=1S/C15H18N2O3S/c1-3-20-15(18)14(17-10-12-5-4-8-21-12)11-6-7-13(19-2)16-9-11/h4-9,14,17H,3,10H2,1-2H3. The van der Waals surface area contributed by atoms with Gasteiger partial charge in [0.05, 0.1) is 13.7 Å². The number of carbonyl (C=O) groups excluding carboxylic acids is 1. The van der Waals surface area contributed by atoms with Crippen molar-refractivity contribution in [1.82, 2.24) is 10.3 Å². The summed E-state index contributed by atoms with van der Waals surface area (Å²) in [6, 6.07) is 7.01. The number of esters is 1. The normalized spacial score (nSPS) is 11.9. The van der Waals surface area contributed by atoms with Crippen molar-refractivity contribution in [2.45, 2.75) is 19.5 Å². The van der Waals surface area contributed by atoms with Gasteiger partial charge in [0.15, 0.2) is 0 Å². The molecule has 0 spiro atoms. The zero-order chi connectivity index (χ0) is 15.1. The molecule has 0 aliphatic rings. The maximum absolute atomic E-state index is 12.1. The van der Waals surface area contributed by atoms with Crippen molar-refractivity contribution in [1.29, 1.82) is 0 Å². The van der Waals surface area contributed by atoms with Crippen LogP contribution in [0, 0.1) is 0 Å². The molecule has 21 heavy (non-hydrogen) atoms. The maximum atomic E-state index is 12.1. The van der Waals surface area contributed by atoms with Crippen molar-refractivity contribution in [3.63, 3.8) is 0 Å². The number of thiophene rings is 1. The lowest BCUT2D eigenvalue weighted by Gasteiger charge is -2.17. The summed E-state index contributed by atoms with van der Waals surface area (Å²) in [4.78, 5) is 17.4. The molecule has 0 aliphatic heterocycles. The van der Waals surface area contributed by atoms with Gasteiger partial charge in [-0.25, -0.2) is 9.78 Å². The average molecular weight is 306 g/mol. The fourth-order valence-corrected chi connectivity index (χ4v) is 2.52. The number of rotatable bonds is 7. The van der Waals surface area contributed by atoms with Gasteiger partial charge in [0, 0.05) is 23.7 Å². The molecule has 0 radical (unpaired) electrons. The summed E-state index contributed by atoms with van der Waals surface area (Å²) in [5.41, 5.74) is 0.755. The number of hydrogen-bond donors (Lipinski definition) is 1. The Kier molecular flexibility index (Phi) is 5.71. The summed E-state index contributed by atoms with van der Waals surface area (Å²) < 4.78 is 10.2. The summed E-state index contributed by atoms with van der Waals surface area (Å²) in [6.45, 7) is 2.74. The highest BCUT2D eigenvalue weighted by Gasteiger charge is 2.22. The van der Waals surface area contributed by atoms with Crippen LogP contribution in [-0.2, 0) is 16.1 Å². The van der Waals surface area contributed by atoms with Crippen LogP contribution in [0.25, 0.3) is 0 Å². The van der Waals surface area contributed by atoms with Crippen molar-refractivity contribution >= 4 is 17.3 Å². The molecule has 2 heterocycles. The number of carbonyl (C=O) groups is 1. The largest absolute Gasteiger partial charge is 0.481 e. The molecule has 0 saturated carbocycles. The van der Waals surface area contributed by atoms with E-state index in [1.54, 1.807) is 37.6 Å². The van der Waals surface area contributed by atoms with Crippen LogP contribution in [0.4, 0.5) is 0 Å². The smallest absolute Gasteiger partial charge is 0.327 e. The lowest BCUT2D eigenvalue weighted by atomic mass is 10.1. The number of hydrogen-bond acceptors (Lipinski definition) is 6. The van der Waals surface area contributed by atoms with Crippen molar-refractivity contribution in [2.24, 2.45) is 0 Å². The molecule has 5 nitrogen and oxygen atoms in total. The summed E-state index contributed by atoms with van der Waals surface area (Å²) in [6.07, 6.45) is 1.63. The van der Waals surface area contributed by atoms with Crippen LogP contribution in [-0.4, -0.2) is 24.7 Å². The third kappa shape index (κ3) is 4.27. The van der Waals surface area contributed by atoms with E-state index in [0.29, 0.717) is 19.0 Å². The molecule has 2 aromatic heterocycles. The first-order chi connectivity index (χ1) is 10.2. The Bertz CT molecular complexity index is 555. The van der Waals surface area contributed by atoms with Gasteiger partial charge in [0.2, 0.25) is 5.88 Å². The van der Waals surface area contributed by atoms with Crippen molar-refractivity contribution in [2.75, 3.05) is 13.7 Å². The molecular formula is C15H18N2O3S. The number of pyridine rings is 1. The quantitative estimate of drug-likeness (QED) is 0.797. The molecule has 0 saturated heterocycles. The molecule has 0 aromatic carbocycles. The van der Waals surface area contributed by atoms with Gasteiger partial charge in [-0.15, -0.1) is 11.3 Å². The second-order valence-electron chi connectivity index (χ2n) is 4.28. The minimum atomic E-state index is -0.537. The third-order valence-corrected chi connectivity index (χ3v) is 3.76. The van der Waals surface area contributed by atoms with E-state index >= 15 is 0 Å². The molecule has 112 valence electrons. The van der Waals surface area contributed by atoms with Crippen LogP contribution in [0.3, 0.4) is 0 Å². The summed E-state index contributed by atoms with van der Waals surface area (Å²) in [5, 5.41) is 5.22. The maximum Gasteiger partial charge on any atom is 0.327 e. The van der Waals surface area contributed by atoms with Gasteiger partial charge < -0.3 is 9.47 Å². The summed E-state index contributed by atoms with van der Waals surface area (Å²) >= 11 is 1.64.